The van der Waals surface area contributed by atoms with Crippen LogP contribution in [0.15, 0.2) is 47.6 Å². The number of guanidine groups is 1. The summed E-state index contributed by atoms with van der Waals surface area (Å²) in [5.74, 6) is 2.99. The van der Waals surface area contributed by atoms with Crippen molar-refractivity contribution in [2.24, 2.45) is 4.99 Å². The smallest absolute Gasteiger partial charge is 0.219 e. The van der Waals surface area contributed by atoms with Gasteiger partial charge in [-0.05, 0) is 49.6 Å². The van der Waals surface area contributed by atoms with Gasteiger partial charge >= 0.3 is 0 Å². The van der Waals surface area contributed by atoms with Crippen molar-refractivity contribution in [3.63, 3.8) is 0 Å². The van der Waals surface area contributed by atoms with E-state index in [9.17, 15) is 0 Å². The van der Waals surface area contributed by atoms with Crippen LogP contribution in [0.1, 0.15) is 25.3 Å². The van der Waals surface area contributed by atoms with Crippen LogP contribution in [-0.4, -0.2) is 55.8 Å². The Labute approximate surface area is 195 Å². The molecule has 1 fully saturated rings. The standard InChI is InChI=1S/C22H30N4O3.HI/c1-4-28-19-11-13-26(14-12-19)22(23-2)25-16-17-5-10-21(24-15-17)29-20-8-6-18(27-3)7-9-20;/h5-10,15,19H,4,11-14,16H2,1-3H3,(H,23,25);1H. The van der Waals surface area contributed by atoms with Crippen molar-refractivity contribution in [2.45, 2.75) is 32.4 Å². The van der Waals surface area contributed by atoms with Gasteiger partial charge in [-0.15, -0.1) is 24.0 Å². The molecule has 8 heteroatoms. The molecule has 164 valence electrons. The Morgan fingerprint density at radius 3 is 2.40 bits per heavy atom. The summed E-state index contributed by atoms with van der Waals surface area (Å²) < 4.78 is 16.7. The number of nitrogens with zero attached hydrogens (tertiary/aromatic N) is 3. The molecule has 1 saturated heterocycles. The predicted molar refractivity (Wildman–Crippen MR) is 129 cm³/mol. The Bertz CT molecular complexity index is 776. The number of likely N-dealkylation sites (tertiary alicyclic amines) is 1. The van der Waals surface area contributed by atoms with E-state index in [-0.39, 0.29) is 24.0 Å². The minimum absolute atomic E-state index is 0. The molecule has 0 atom stereocenters. The fraction of sp³-hybridized carbons (Fsp3) is 0.455. The molecule has 1 aromatic carbocycles. The average Bonchev–Trinajstić information content (AvgIpc) is 2.77. The van der Waals surface area contributed by atoms with Crippen LogP contribution in [0.2, 0.25) is 0 Å². The lowest BCUT2D eigenvalue weighted by Gasteiger charge is -2.34. The fourth-order valence-corrected chi connectivity index (χ4v) is 3.32. The van der Waals surface area contributed by atoms with Crippen molar-refractivity contribution in [3.05, 3.63) is 48.2 Å². The first-order valence-electron chi connectivity index (χ1n) is 10.1. The maximum absolute atomic E-state index is 5.77. The highest BCUT2D eigenvalue weighted by atomic mass is 127. The molecule has 0 bridgehead atoms. The highest BCUT2D eigenvalue weighted by molar-refractivity contribution is 14.0. The van der Waals surface area contributed by atoms with Crippen LogP contribution in [0.4, 0.5) is 0 Å². The summed E-state index contributed by atoms with van der Waals surface area (Å²) in [5, 5.41) is 3.42. The van der Waals surface area contributed by atoms with Gasteiger partial charge in [0.1, 0.15) is 11.5 Å². The first-order chi connectivity index (χ1) is 14.2. The second kappa shape index (κ2) is 12.6. The molecule has 1 N–H and O–H groups in total. The van der Waals surface area contributed by atoms with Gasteiger partial charge in [0.25, 0.3) is 0 Å². The van der Waals surface area contributed by atoms with E-state index in [4.69, 9.17) is 14.2 Å². The number of piperidine rings is 1. The largest absolute Gasteiger partial charge is 0.497 e. The molecule has 0 unspecified atom stereocenters. The van der Waals surface area contributed by atoms with E-state index in [2.05, 4.69) is 20.2 Å². The monoisotopic (exact) mass is 526 g/mol. The second-order valence-corrected chi connectivity index (χ2v) is 6.82. The molecule has 0 spiro atoms. The number of aromatic nitrogens is 1. The van der Waals surface area contributed by atoms with Crippen molar-refractivity contribution in [1.82, 2.24) is 15.2 Å². The van der Waals surface area contributed by atoms with Crippen LogP contribution in [-0.2, 0) is 11.3 Å². The van der Waals surface area contributed by atoms with Crippen LogP contribution in [0.3, 0.4) is 0 Å². The zero-order valence-corrected chi connectivity index (χ0v) is 20.2. The number of benzene rings is 1. The van der Waals surface area contributed by atoms with Crippen LogP contribution < -0.4 is 14.8 Å². The molecule has 0 aliphatic carbocycles. The van der Waals surface area contributed by atoms with Crippen molar-refractivity contribution in [2.75, 3.05) is 33.9 Å². The summed E-state index contributed by atoms with van der Waals surface area (Å²) in [4.78, 5) is 11.1. The molecule has 0 radical (unpaired) electrons. The first kappa shape index (κ1) is 24.2. The Balaban J connectivity index is 0.00000320. The van der Waals surface area contributed by atoms with Crippen molar-refractivity contribution in [3.8, 4) is 17.4 Å². The highest BCUT2D eigenvalue weighted by Crippen LogP contribution is 2.22. The van der Waals surface area contributed by atoms with Gasteiger partial charge in [0.15, 0.2) is 5.96 Å². The molecule has 30 heavy (non-hydrogen) atoms. The third kappa shape index (κ3) is 7.02. The Hall–Kier alpha value is -2.07. The normalized spacial score (nSPS) is 14.8. The zero-order valence-electron chi connectivity index (χ0n) is 17.8. The van der Waals surface area contributed by atoms with Crippen LogP contribution >= 0.6 is 24.0 Å². The number of hydrogen-bond donors (Lipinski definition) is 1. The average molecular weight is 526 g/mol. The Morgan fingerprint density at radius 2 is 1.83 bits per heavy atom. The molecule has 1 aliphatic rings. The molecule has 1 aromatic heterocycles. The number of halogens is 1. The first-order valence-corrected chi connectivity index (χ1v) is 10.1. The third-order valence-electron chi connectivity index (χ3n) is 4.89. The Kier molecular flexibility index (Phi) is 10.2. The number of methoxy groups -OCH3 is 1. The van der Waals surface area contributed by atoms with Crippen LogP contribution in [0.25, 0.3) is 0 Å². The van der Waals surface area contributed by atoms with Crippen LogP contribution in [0.5, 0.6) is 17.4 Å². The molecule has 1 aliphatic heterocycles. The van der Waals surface area contributed by atoms with Gasteiger partial charge < -0.3 is 24.4 Å². The second-order valence-electron chi connectivity index (χ2n) is 6.82. The molecule has 0 saturated carbocycles. The van der Waals surface area contributed by atoms with E-state index in [0.717, 1.165) is 55.6 Å². The molecular formula is C22H31IN4O3. The molecule has 2 aromatic rings. The predicted octanol–water partition coefficient (Wildman–Crippen LogP) is 4.08. The minimum Gasteiger partial charge on any atom is -0.497 e. The van der Waals surface area contributed by atoms with Crippen molar-refractivity contribution >= 4 is 29.9 Å². The topological polar surface area (TPSA) is 68.2 Å². The van der Waals surface area contributed by atoms with Crippen LogP contribution in [0, 0.1) is 0 Å². The fourth-order valence-electron chi connectivity index (χ4n) is 3.32. The van der Waals surface area contributed by atoms with Crippen molar-refractivity contribution in [1.29, 1.82) is 0 Å². The van der Waals surface area contributed by atoms with E-state index in [1.54, 1.807) is 7.11 Å². The molecule has 7 nitrogen and oxygen atoms in total. The lowest BCUT2D eigenvalue weighted by Crippen LogP contribution is -2.46. The summed E-state index contributed by atoms with van der Waals surface area (Å²) in [6.07, 6.45) is 4.26. The lowest BCUT2D eigenvalue weighted by atomic mass is 10.1. The van der Waals surface area contributed by atoms with Gasteiger partial charge in [-0.2, -0.15) is 0 Å². The number of hydrogen-bond acceptors (Lipinski definition) is 5. The number of nitrogens with one attached hydrogen (secondary N) is 1. The van der Waals surface area contributed by atoms with Gasteiger partial charge in [-0.3, -0.25) is 4.99 Å². The molecule has 3 rings (SSSR count). The van der Waals surface area contributed by atoms with E-state index in [1.807, 2.05) is 56.6 Å². The summed E-state index contributed by atoms with van der Waals surface area (Å²) in [7, 11) is 3.46. The molecule has 2 heterocycles. The SMILES string of the molecule is CCOC1CCN(C(=NC)NCc2ccc(Oc3ccc(OC)cc3)nc2)CC1.I. The summed E-state index contributed by atoms with van der Waals surface area (Å²) in [6, 6.07) is 11.3. The summed E-state index contributed by atoms with van der Waals surface area (Å²) in [6.45, 7) is 5.40. The zero-order chi connectivity index (χ0) is 20.5. The summed E-state index contributed by atoms with van der Waals surface area (Å²) in [5.41, 5.74) is 1.07. The minimum atomic E-state index is 0. The quantitative estimate of drug-likeness (QED) is 0.333. The maximum Gasteiger partial charge on any atom is 0.219 e. The van der Waals surface area contributed by atoms with Gasteiger partial charge in [0.05, 0.1) is 13.2 Å². The number of ether oxygens (including phenoxy) is 3. The Morgan fingerprint density at radius 1 is 1.13 bits per heavy atom. The summed E-state index contributed by atoms with van der Waals surface area (Å²) >= 11 is 0. The molecule has 0 amide bonds. The van der Waals surface area contributed by atoms with E-state index >= 15 is 0 Å². The van der Waals surface area contributed by atoms with E-state index < -0.39 is 0 Å². The van der Waals surface area contributed by atoms with Gasteiger partial charge in [0, 0.05) is 45.6 Å². The number of pyridine rings is 1. The van der Waals surface area contributed by atoms with Gasteiger partial charge in [0.2, 0.25) is 5.88 Å². The molecular weight excluding hydrogens is 495 g/mol. The van der Waals surface area contributed by atoms with Gasteiger partial charge in [-0.25, -0.2) is 4.98 Å². The third-order valence-corrected chi connectivity index (χ3v) is 4.89. The maximum atomic E-state index is 5.77. The van der Waals surface area contributed by atoms with Crippen molar-refractivity contribution < 1.29 is 14.2 Å². The van der Waals surface area contributed by atoms with Gasteiger partial charge in [-0.1, -0.05) is 6.07 Å². The number of aliphatic imine (C=N–C) groups is 1. The lowest BCUT2D eigenvalue weighted by molar-refractivity contribution is 0.0263. The highest BCUT2D eigenvalue weighted by Gasteiger charge is 2.21. The van der Waals surface area contributed by atoms with E-state index in [1.165, 1.54) is 0 Å². The number of rotatable bonds is 7. The van der Waals surface area contributed by atoms with E-state index in [0.29, 0.717) is 18.5 Å².